The minimum absolute atomic E-state index is 0.268. The largest absolute Gasteiger partial charge is 0.329 e. The van der Waals surface area contributed by atoms with Crippen molar-refractivity contribution in [1.82, 2.24) is 9.80 Å². The molecular weight excluding hydrogens is 294 g/mol. The van der Waals surface area contributed by atoms with Gasteiger partial charge in [0.25, 0.3) is 0 Å². The van der Waals surface area contributed by atoms with Gasteiger partial charge in [-0.3, -0.25) is 9.80 Å². The molecule has 0 unspecified atom stereocenters. The predicted molar refractivity (Wildman–Crippen MR) is 102 cm³/mol. The fourth-order valence-corrected chi connectivity index (χ4v) is 4.72. The fraction of sp³-hybridized carbons (Fsp3) is 0.714. The topological polar surface area (TPSA) is 32.5 Å². The quantitative estimate of drug-likeness (QED) is 0.867. The van der Waals surface area contributed by atoms with Crippen molar-refractivity contribution in [3.05, 3.63) is 35.9 Å². The lowest BCUT2D eigenvalue weighted by Gasteiger charge is -2.50. The second-order valence-electron chi connectivity index (χ2n) is 7.91. The van der Waals surface area contributed by atoms with Crippen LogP contribution in [-0.4, -0.2) is 48.1 Å². The predicted octanol–water partition coefficient (Wildman–Crippen LogP) is 3.49. The summed E-state index contributed by atoms with van der Waals surface area (Å²) in [6.07, 6.45) is 7.96. The summed E-state index contributed by atoms with van der Waals surface area (Å²) >= 11 is 0. The van der Waals surface area contributed by atoms with Crippen LogP contribution in [0, 0.1) is 5.92 Å². The summed E-state index contributed by atoms with van der Waals surface area (Å²) in [5, 5.41) is 0. The average molecular weight is 330 g/mol. The first kappa shape index (κ1) is 17.9. The summed E-state index contributed by atoms with van der Waals surface area (Å²) in [5.41, 5.74) is 8.00. The minimum Gasteiger partial charge on any atom is -0.329 e. The lowest BCUT2D eigenvalue weighted by atomic mass is 9.82. The Kier molecular flexibility index (Phi) is 6.31. The van der Waals surface area contributed by atoms with E-state index in [-0.39, 0.29) is 5.54 Å². The van der Waals surface area contributed by atoms with E-state index < -0.39 is 0 Å². The van der Waals surface area contributed by atoms with Gasteiger partial charge in [0.1, 0.15) is 0 Å². The first-order valence-electron chi connectivity index (χ1n) is 9.97. The number of piperidine rings is 2. The molecule has 0 atom stereocenters. The van der Waals surface area contributed by atoms with E-state index in [0.29, 0.717) is 0 Å². The maximum absolute atomic E-state index is 6.30. The van der Waals surface area contributed by atoms with Gasteiger partial charge in [0, 0.05) is 31.7 Å². The van der Waals surface area contributed by atoms with Crippen LogP contribution in [0.1, 0.15) is 51.0 Å². The molecule has 134 valence electrons. The third-order valence-corrected chi connectivity index (χ3v) is 6.40. The highest BCUT2D eigenvalue weighted by atomic mass is 15.2. The van der Waals surface area contributed by atoms with E-state index in [2.05, 4.69) is 47.1 Å². The first-order valence-corrected chi connectivity index (χ1v) is 9.97. The molecule has 0 saturated carbocycles. The summed E-state index contributed by atoms with van der Waals surface area (Å²) in [4.78, 5) is 5.35. The molecule has 2 fully saturated rings. The number of benzene rings is 1. The average Bonchev–Trinajstić information content (AvgIpc) is 2.64. The lowest BCUT2D eigenvalue weighted by Crippen LogP contribution is -2.60. The van der Waals surface area contributed by atoms with E-state index in [1.165, 1.54) is 70.3 Å². The van der Waals surface area contributed by atoms with Gasteiger partial charge in [-0.05, 0) is 50.3 Å². The van der Waals surface area contributed by atoms with Crippen LogP contribution >= 0.6 is 0 Å². The number of rotatable bonds is 6. The second kappa shape index (κ2) is 8.46. The highest BCUT2D eigenvalue weighted by molar-refractivity contribution is 5.14. The molecule has 1 aromatic rings. The molecule has 2 aliphatic rings. The van der Waals surface area contributed by atoms with Gasteiger partial charge in [0.15, 0.2) is 0 Å². The maximum atomic E-state index is 6.30. The van der Waals surface area contributed by atoms with Gasteiger partial charge in [-0.1, -0.05) is 50.1 Å². The molecule has 3 nitrogen and oxygen atoms in total. The molecule has 3 heteroatoms. The Morgan fingerprint density at radius 3 is 2.29 bits per heavy atom. The van der Waals surface area contributed by atoms with E-state index in [1.54, 1.807) is 0 Å². The van der Waals surface area contributed by atoms with Gasteiger partial charge in [-0.2, -0.15) is 0 Å². The second-order valence-corrected chi connectivity index (χ2v) is 7.91. The van der Waals surface area contributed by atoms with Crippen LogP contribution in [0.15, 0.2) is 30.3 Å². The number of hydrogen-bond donors (Lipinski definition) is 1. The van der Waals surface area contributed by atoms with Crippen LogP contribution in [-0.2, 0) is 6.54 Å². The smallest absolute Gasteiger partial charge is 0.0356 e. The molecule has 2 heterocycles. The molecule has 1 aromatic carbocycles. The Labute approximate surface area is 148 Å². The van der Waals surface area contributed by atoms with Crippen LogP contribution in [0.25, 0.3) is 0 Å². The van der Waals surface area contributed by atoms with Crippen molar-refractivity contribution in [3.8, 4) is 0 Å². The van der Waals surface area contributed by atoms with Crippen molar-refractivity contribution in [3.63, 3.8) is 0 Å². The molecule has 3 rings (SSSR count). The molecule has 0 amide bonds. The first-order chi connectivity index (χ1) is 11.8. The summed E-state index contributed by atoms with van der Waals surface area (Å²) in [7, 11) is 0. The fourth-order valence-electron chi connectivity index (χ4n) is 4.72. The molecule has 2 N–H and O–H groups in total. The molecule has 0 bridgehead atoms. The normalized spacial score (nSPS) is 23.4. The van der Waals surface area contributed by atoms with Crippen LogP contribution < -0.4 is 5.73 Å². The van der Waals surface area contributed by atoms with Gasteiger partial charge >= 0.3 is 0 Å². The van der Waals surface area contributed by atoms with Crippen LogP contribution in [0.3, 0.4) is 0 Å². The molecule has 0 spiro atoms. The monoisotopic (exact) mass is 329 g/mol. The molecule has 0 radical (unpaired) electrons. The van der Waals surface area contributed by atoms with Crippen molar-refractivity contribution in [2.45, 2.75) is 57.5 Å². The summed E-state index contributed by atoms with van der Waals surface area (Å²) in [6, 6.07) is 10.9. The van der Waals surface area contributed by atoms with E-state index in [1.807, 2.05) is 0 Å². The van der Waals surface area contributed by atoms with Crippen molar-refractivity contribution in [2.24, 2.45) is 11.7 Å². The number of nitrogens with zero attached hydrogens (tertiary/aromatic N) is 2. The van der Waals surface area contributed by atoms with E-state index in [0.717, 1.165) is 19.0 Å². The number of likely N-dealkylation sites (tertiary alicyclic amines) is 2. The van der Waals surface area contributed by atoms with Gasteiger partial charge < -0.3 is 5.73 Å². The van der Waals surface area contributed by atoms with Crippen LogP contribution in [0.5, 0.6) is 0 Å². The Morgan fingerprint density at radius 2 is 1.71 bits per heavy atom. The SMILES string of the molecule is CCCC1CCN(C2(CN)CCN(Cc3ccccc3)CC2)CC1. The van der Waals surface area contributed by atoms with E-state index >= 15 is 0 Å². The van der Waals surface area contributed by atoms with Crippen LogP contribution in [0.2, 0.25) is 0 Å². The lowest BCUT2D eigenvalue weighted by molar-refractivity contribution is 0.00168. The maximum Gasteiger partial charge on any atom is 0.0356 e. The standard InChI is InChI=1S/C21H35N3/c1-2-6-19-9-13-24(14-10-19)21(18-22)11-15-23(16-12-21)17-20-7-4-3-5-8-20/h3-5,7-8,19H,2,6,9-18,22H2,1H3. The summed E-state index contributed by atoms with van der Waals surface area (Å²) in [6.45, 7) is 9.12. The minimum atomic E-state index is 0.268. The number of nitrogens with two attached hydrogens (primary N) is 1. The van der Waals surface area contributed by atoms with Gasteiger partial charge in [0.2, 0.25) is 0 Å². The van der Waals surface area contributed by atoms with Gasteiger partial charge in [-0.25, -0.2) is 0 Å². The zero-order chi connectivity index (χ0) is 16.8. The Morgan fingerprint density at radius 1 is 1.04 bits per heavy atom. The summed E-state index contributed by atoms with van der Waals surface area (Å²) in [5.74, 6) is 0.958. The number of hydrogen-bond acceptors (Lipinski definition) is 3. The Hall–Kier alpha value is -0.900. The Balaban J connectivity index is 1.52. The van der Waals surface area contributed by atoms with Crippen LogP contribution in [0.4, 0.5) is 0 Å². The molecule has 24 heavy (non-hydrogen) atoms. The molecule has 0 aliphatic carbocycles. The molecule has 0 aromatic heterocycles. The van der Waals surface area contributed by atoms with Crippen molar-refractivity contribution >= 4 is 0 Å². The zero-order valence-corrected chi connectivity index (χ0v) is 15.4. The third kappa shape index (κ3) is 4.19. The Bertz CT molecular complexity index is 471. The van der Waals surface area contributed by atoms with E-state index in [4.69, 9.17) is 5.73 Å². The highest BCUT2D eigenvalue weighted by Crippen LogP contribution is 2.33. The molecule has 2 saturated heterocycles. The zero-order valence-electron chi connectivity index (χ0n) is 15.4. The highest BCUT2D eigenvalue weighted by Gasteiger charge is 2.39. The molecular formula is C21H35N3. The van der Waals surface area contributed by atoms with Gasteiger partial charge in [-0.15, -0.1) is 0 Å². The van der Waals surface area contributed by atoms with E-state index in [9.17, 15) is 0 Å². The molecule has 2 aliphatic heterocycles. The van der Waals surface area contributed by atoms with Crippen molar-refractivity contribution < 1.29 is 0 Å². The van der Waals surface area contributed by atoms with Crippen molar-refractivity contribution in [1.29, 1.82) is 0 Å². The summed E-state index contributed by atoms with van der Waals surface area (Å²) < 4.78 is 0. The van der Waals surface area contributed by atoms with Crippen molar-refractivity contribution in [2.75, 3.05) is 32.7 Å². The van der Waals surface area contributed by atoms with Gasteiger partial charge in [0.05, 0.1) is 0 Å². The third-order valence-electron chi connectivity index (χ3n) is 6.40.